The number of nitrogens with one attached hydrogen (secondary N) is 1. The zero-order valence-electron chi connectivity index (χ0n) is 8.68. The summed E-state index contributed by atoms with van der Waals surface area (Å²) < 4.78 is 13.5. The molecule has 2 unspecified atom stereocenters. The molecule has 1 aromatic carbocycles. The van der Waals surface area contributed by atoms with Gasteiger partial charge in [0.05, 0.1) is 0 Å². The number of halogens is 1. The van der Waals surface area contributed by atoms with E-state index in [9.17, 15) is 4.39 Å². The van der Waals surface area contributed by atoms with Gasteiger partial charge in [0.1, 0.15) is 5.82 Å². The van der Waals surface area contributed by atoms with Crippen LogP contribution in [0.4, 0.5) is 4.39 Å². The van der Waals surface area contributed by atoms with Crippen LogP contribution >= 0.6 is 0 Å². The van der Waals surface area contributed by atoms with Crippen LogP contribution in [-0.4, -0.2) is 13.6 Å². The van der Waals surface area contributed by atoms with Gasteiger partial charge in [-0.25, -0.2) is 4.39 Å². The minimum absolute atomic E-state index is 0.0337. The molecule has 2 rings (SSSR count). The minimum atomic E-state index is -0.0337. The summed E-state index contributed by atoms with van der Waals surface area (Å²) in [5.41, 5.74) is 2.14. The van der Waals surface area contributed by atoms with Crippen LogP contribution in [0.1, 0.15) is 36.3 Å². The summed E-state index contributed by atoms with van der Waals surface area (Å²) in [5.74, 6) is 0.818. The van der Waals surface area contributed by atoms with Gasteiger partial charge in [-0.2, -0.15) is 0 Å². The lowest BCUT2D eigenvalue weighted by Crippen LogP contribution is -2.15. The molecule has 0 aromatic heterocycles. The second-order valence-electron chi connectivity index (χ2n) is 4.13. The number of hydrogen-bond acceptors (Lipinski definition) is 1. The van der Waals surface area contributed by atoms with E-state index in [1.54, 1.807) is 6.07 Å². The van der Waals surface area contributed by atoms with E-state index in [2.05, 4.69) is 18.3 Å². The van der Waals surface area contributed by atoms with E-state index in [1.807, 2.05) is 13.1 Å². The lowest BCUT2D eigenvalue weighted by atomic mass is 10.0. The average molecular weight is 193 g/mol. The zero-order chi connectivity index (χ0) is 10.1. The summed E-state index contributed by atoms with van der Waals surface area (Å²) in [7, 11) is 1.95. The summed E-state index contributed by atoms with van der Waals surface area (Å²) >= 11 is 0. The predicted molar refractivity (Wildman–Crippen MR) is 56.1 cm³/mol. The number of hydrogen-bond donors (Lipinski definition) is 1. The molecule has 1 aromatic rings. The molecule has 1 N–H and O–H groups in total. The van der Waals surface area contributed by atoms with Crippen molar-refractivity contribution in [2.45, 2.75) is 25.2 Å². The fourth-order valence-electron chi connectivity index (χ4n) is 2.54. The van der Waals surface area contributed by atoms with Gasteiger partial charge < -0.3 is 5.32 Å². The maximum Gasteiger partial charge on any atom is 0.126 e. The van der Waals surface area contributed by atoms with Crippen molar-refractivity contribution >= 4 is 0 Å². The summed E-state index contributed by atoms with van der Waals surface area (Å²) in [6.45, 7) is 3.05. The molecule has 76 valence electrons. The van der Waals surface area contributed by atoms with Crippen LogP contribution in [0, 0.1) is 5.82 Å². The molecule has 2 atom stereocenters. The molecule has 14 heavy (non-hydrogen) atoms. The molecule has 1 aliphatic rings. The first kappa shape index (κ1) is 9.66. The van der Waals surface area contributed by atoms with Crippen LogP contribution in [0.15, 0.2) is 18.2 Å². The van der Waals surface area contributed by atoms with Gasteiger partial charge in [-0.15, -0.1) is 0 Å². The van der Waals surface area contributed by atoms with E-state index in [1.165, 1.54) is 5.56 Å². The van der Waals surface area contributed by atoms with Gasteiger partial charge in [-0.3, -0.25) is 0 Å². The smallest absolute Gasteiger partial charge is 0.126 e. The Balaban J connectivity index is 2.39. The van der Waals surface area contributed by atoms with E-state index < -0.39 is 0 Å². The summed E-state index contributed by atoms with van der Waals surface area (Å²) in [5, 5.41) is 3.17. The standard InChI is InChI=1S/C12H16FN/c1-8-6-9(7-14-2)10-4-3-5-11(13)12(8)10/h3-5,8-9,14H,6-7H2,1-2H3. The van der Waals surface area contributed by atoms with Crippen LogP contribution in [-0.2, 0) is 0 Å². The maximum absolute atomic E-state index is 13.5. The number of likely N-dealkylation sites (N-methyl/N-ethyl adjacent to an activating group) is 1. The molecule has 0 spiro atoms. The first-order valence-electron chi connectivity index (χ1n) is 5.17. The second-order valence-corrected chi connectivity index (χ2v) is 4.13. The molecule has 0 bridgehead atoms. The van der Waals surface area contributed by atoms with Crippen molar-refractivity contribution in [3.05, 3.63) is 35.1 Å². The lowest BCUT2D eigenvalue weighted by Gasteiger charge is -2.09. The summed E-state index contributed by atoms with van der Waals surface area (Å²) in [6, 6.07) is 5.44. The number of fused-ring (bicyclic) bond motifs is 1. The van der Waals surface area contributed by atoms with Gasteiger partial charge in [0, 0.05) is 6.54 Å². The third kappa shape index (κ3) is 1.44. The minimum Gasteiger partial charge on any atom is -0.319 e. The molecule has 1 nitrogen and oxygen atoms in total. The molecule has 0 saturated carbocycles. The Morgan fingerprint density at radius 3 is 3.00 bits per heavy atom. The molecular formula is C12H16FN. The second kappa shape index (κ2) is 3.70. The summed E-state index contributed by atoms with van der Waals surface area (Å²) in [6.07, 6.45) is 1.07. The highest BCUT2D eigenvalue weighted by molar-refractivity contribution is 5.39. The van der Waals surface area contributed by atoms with Crippen molar-refractivity contribution in [1.29, 1.82) is 0 Å². The quantitative estimate of drug-likeness (QED) is 0.761. The third-order valence-corrected chi connectivity index (χ3v) is 3.11. The molecule has 0 amide bonds. The molecule has 0 radical (unpaired) electrons. The first-order chi connectivity index (χ1) is 6.74. The fraction of sp³-hybridized carbons (Fsp3) is 0.500. The van der Waals surface area contributed by atoms with Crippen LogP contribution in [0.5, 0.6) is 0 Å². The van der Waals surface area contributed by atoms with Crippen molar-refractivity contribution in [2.75, 3.05) is 13.6 Å². The van der Waals surface area contributed by atoms with E-state index in [-0.39, 0.29) is 5.82 Å². The molecular weight excluding hydrogens is 177 g/mol. The Morgan fingerprint density at radius 2 is 2.29 bits per heavy atom. The first-order valence-corrected chi connectivity index (χ1v) is 5.17. The Morgan fingerprint density at radius 1 is 1.50 bits per heavy atom. The van der Waals surface area contributed by atoms with Gasteiger partial charge in [0.2, 0.25) is 0 Å². The van der Waals surface area contributed by atoms with Crippen molar-refractivity contribution in [3.8, 4) is 0 Å². The highest BCUT2D eigenvalue weighted by Gasteiger charge is 2.29. The Bertz CT molecular complexity index is 335. The summed E-state index contributed by atoms with van der Waals surface area (Å²) in [4.78, 5) is 0. The van der Waals surface area contributed by atoms with Gasteiger partial charge in [0.25, 0.3) is 0 Å². The van der Waals surface area contributed by atoms with E-state index in [0.29, 0.717) is 11.8 Å². The average Bonchev–Trinajstić information content (AvgIpc) is 2.46. The third-order valence-electron chi connectivity index (χ3n) is 3.11. The highest BCUT2D eigenvalue weighted by Crippen LogP contribution is 2.42. The normalized spacial score (nSPS) is 25.1. The fourth-order valence-corrected chi connectivity index (χ4v) is 2.54. The van der Waals surface area contributed by atoms with Gasteiger partial charge in [-0.1, -0.05) is 19.1 Å². The molecule has 2 heteroatoms. The largest absolute Gasteiger partial charge is 0.319 e. The topological polar surface area (TPSA) is 12.0 Å². The van der Waals surface area contributed by atoms with E-state index >= 15 is 0 Å². The SMILES string of the molecule is CNCC1CC(C)c2c(F)cccc21. The van der Waals surface area contributed by atoms with Gasteiger partial charge in [0.15, 0.2) is 0 Å². The predicted octanol–water partition coefficient (Wildman–Crippen LogP) is 2.64. The Labute approximate surface area is 84.3 Å². The Hall–Kier alpha value is -0.890. The van der Waals surface area contributed by atoms with Crippen LogP contribution in [0.2, 0.25) is 0 Å². The van der Waals surface area contributed by atoms with E-state index in [4.69, 9.17) is 0 Å². The molecule has 1 aliphatic carbocycles. The number of benzene rings is 1. The van der Waals surface area contributed by atoms with Crippen molar-refractivity contribution in [2.24, 2.45) is 0 Å². The molecule has 0 aliphatic heterocycles. The van der Waals surface area contributed by atoms with Crippen LogP contribution in [0.25, 0.3) is 0 Å². The van der Waals surface area contributed by atoms with Crippen molar-refractivity contribution in [3.63, 3.8) is 0 Å². The molecule has 0 saturated heterocycles. The zero-order valence-corrected chi connectivity index (χ0v) is 8.68. The van der Waals surface area contributed by atoms with Gasteiger partial charge in [-0.05, 0) is 42.5 Å². The highest BCUT2D eigenvalue weighted by atomic mass is 19.1. The van der Waals surface area contributed by atoms with Crippen molar-refractivity contribution < 1.29 is 4.39 Å². The molecule has 0 heterocycles. The van der Waals surface area contributed by atoms with Crippen LogP contribution in [0.3, 0.4) is 0 Å². The lowest BCUT2D eigenvalue weighted by molar-refractivity contribution is 0.569. The van der Waals surface area contributed by atoms with Crippen molar-refractivity contribution in [1.82, 2.24) is 5.32 Å². The Kier molecular flexibility index (Phi) is 2.55. The van der Waals surface area contributed by atoms with Gasteiger partial charge >= 0.3 is 0 Å². The maximum atomic E-state index is 13.5. The van der Waals surface area contributed by atoms with E-state index in [0.717, 1.165) is 18.5 Å². The monoisotopic (exact) mass is 193 g/mol. The molecule has 0 fully saturated rings. The number of rotatable bonds is 2. The van der Waals surface area contributed by atoms with Crippen LogP contribution < -0.4 is 5.32 Å².